The molecule has 0 unspecified atom stereocenters. The summed E-state index contributed by atoms with van der Waals surface area (Å²) in [5.74, 6) is -0.313. The molecule has 1 aliphatic heterocycles. The number of rotatable bonds is 2. The van der Waals surface area contributed by atoms with E-state index in [1.807, 2.05) is 24.5 Å². The number of pyridine rings is 1. The van der Waals surface area contributed by atoms with E-state index < -0.39 is 0 Å². The number of nitrogens with zero attached hydrogens (tertiary/aromatic N) is 2. The van der Waals surface area contributed by atoms with Gasteiger partial charge in [0.1, 0.15) is 5.82 Å². The molecule has 1 aromatic heterocycles. The molecule has 0 bridgehead atoms. The molecule has 0 aliphatic carbocycles. The van der Waals surface area contributed by atoms with E-state index in [1.54, 1.807) is 17.0 Å². The molecule has 2 N–H and O–H groups in total. The minimum absolute atomic E-state index is 0.146. The molecule has 114 valence electrons. The maximum Gasteiger partial charge on any atom is 0.321 e. The van der Waals surface area contributed by atoms with Gasteiger partial charge in [-0.3, -0.25) is 0 Å². The molecular weight excluding hydrogens is 283 g/mol. The maximum absolute atomic E-state index is 12.9. The maximum atomic E-state index is 12.9. The Kier molecular flexibility index (Phi) is 4.18. The summed E-state index contributed by atoms with van der Waals surface area (Å²) < 4.78 is 12.9. The van der Waals surface area contributed by atoms with Crippen molar-refractivity contribution in [2.45, 2.75) is 0 Å². The number of hydrogen-bond acceptors (Lipinski definition) is 2. The van der Waals surface area contributed by atoms with Gasteiger partial charge in [0.15, 0.2) is 12.4 Å². The van der Waals surface area contributed by atoms with Gasteiger partial charge in [-0.1, -0.05) is 0 Å². The van der Waals surface area contributed by atoms with Crippen LogP contribution in [0.25, 0.3) is 0 Å². The Morgan fingerprint density at radius 1 is 1.00 bits per heavy atom. The van der Waals surface area contributed by atoms with Crippen LogP contribution in [0, 0.1) is 5.82 Å². The van der Waals surface area contributed by atoms with Crippen LogP contribution in [0.1, 0.15) is 0 Å². The third kappa shape index (κ3) is 3.33. The highest BCUT2D eigenvalue weighted by Gasteiger charge is 2.21. The lowest BCUT2D eigenvalue weighted by Crippen LogP contribution is -2.50. The predicted octanol–water partition coefficient (Wildman–Crippen LogP) is 1.99. The second-order valence-electron chi connectivity index (χ2n) is 5.17. The molecule has 1 fully saturated rings. The van der Waals surface area contributed by atoms with Gasteiger partial charge in [0.2, 0.25) is 0 Å². The van der Waals surface area contributed by atoms with Gasteiger partial charge >= 0.3 is 6.03 Å². The zero-order valence-electron chi connectivity index (χ0n) is 12.1. The number of carbonyl (C=O) groups is 1. The molecule has 5 nitrogen and oxygen atoms in total. The summed E-state index contributed by atoms with van der Waals surface area (Å²) in [6.45, 7) is 2.90. The fourth-order valence-electron chi connectivity index (χ4n) is 2.49. The second kappa shape index (κ2) is 6.43. The lowest BCUT2D eigenvalue weighted by molar-refractivity contribution is -0.377. The van der Waals surface area contributed by atoms with E-state index in [0.717, 1.165) is 18.8 Å². The van der Waals surface area contributed by atoms with E-state index >= 15 is 0 Å². The average molecular weight is 301 g/mol. The SMILES string of the molecule is O=C(Nc1ccc(F)cc1)N1CCN(c2cc[nH+]cc2)CC1. The van der Waals surface area contributed by atoms with Crippen molar-refractivity contribution in [2.24, 2.45) is 0 Å². The summed E-state index contributed by atoms with van der Waals surface area (Å²) >= 11 is 0. The van der Waals surface area contributed by atoms with Gasteiger partial charge in [-0.2, -0.15) is 0 Å². The Balaban J connectivity index is 1.54. The molecule has 1 saturated heterocycles. The van der Waals surface area contributed by atoms with Crippen LogP contribution in [0.2, 0.25) is 0 Å². The topological polar surface area (TPSA) is 49.7 Å². The van der Waals surface area contributed by atoms with E-state index in [0.29, 0.717) is 18.8 Å². The summed E-state index contributed by atoms with van der Waals surface area (Å²) in [4.78, 5) is 19.2. The van der Waals surface area contributed by atoms with Crippen LogP contribution in [0.4, 0.5) is 20.6 Å². The van der Waals surface area contributed by atoms with Crippen molar-refractivity contribution < 1.29 is 14.2 Å². The number of H-pyrrole nitrogens is 1. The number of halogens is 1. The van der Waals surface area contributed by atoms with Crippen molar-refractivity contribution in [3.63, 3.8) is 0 Å². The van der Waals surface area contributed by atoms with Crippen molar-refractivity contribution in [1.82, 2.24) is 4.90 Å². The van der Waals surface area contributed by atoms with E-state index in [9.17, 15) is 9.18 Å². The first-order valence-electron chi connectivity index (χ1n) is 7.25. The first-order valence-corrected chi connectivity index (χ1v) is 7.25. The highest BCUT2D eigenvalue weighted by molar-refractivity contribution is 5.89. The van der Waals surface area contributed by atoms with E-state index in [4.69, 9.17) is 0 Å². The number of amides is 2. The molecular formula is C16H18FN4O+. The number of hydrogen-bond donors (Lipinski definition) is 1. The standard InChI is InChI=1S/C16H17FN4O/c17-13-1-3-14(4-2-13)19-16(22)21-11-9-20(10-12-21)15-5-7-18-8-6-15/h1-8H,9-12H2,(H,19,22)/p+1. The van der Waals surface area contributed by atoms with Gasteiger partial charge in [-0.05, 0) is 24.3 Å². The van der Waals surface area contributed by atoms with Gasteiger partial charge in [0, 0.05) is 49.7 Å². The van der Waals surface area contributed by atoms with E-state index in [-0.39, 0.29) is 11.8 Å². The molecule has 2 aromatic rings. The van der Waals surface area contributed by atoms with Gasteiger partial charge in [-0.15, -0.1) is 0 Å². The minimum Gasteiger partial charge on any atom is -0.368 e. The quantitative estimate of drug-likeness (QED) is 0.922. The zero-order valence-corrected chi connectivity index (χ0v) is 12.1. The highest BCUT2D eigenvalue weighted by atomic mass is 19.1. The number of piperazine rings is 1. The zero-order chi connectivity index (χ0) is 15.4. The van der Waals surface area contributed by atoms with Gasteiger partial charge < -0.3 is 15.1 Å². The molecule has 3 rings (SSSR count). The third-order valence-electron chi connectivity index (χ3n) is 3.73. The Bertz CT molecular complexity index is 624. The lowest BCUT2D eigenvalue weighted by Gasteiger charge is -2.35. The van der Waals surface area contributed by atoms with E-state index in [1.165, 1.54) is 12.1 Å². The van der Waals surface area contributed by atoms with Crippen molar-refractivity contribution in [3.8, 4) is 0 Å². The number of aromatic amines is 1. The van der Waals surface area contributed by atoms with Crippen LogP contribution >= 0.6 is 0 Å². The van der Waals surface area contributed by atoms with Crippen molar-refractivity contribution in [3.05, 3.63) is 54.6 Å². The fraction of sp³-hybridized carbons (Fsp3) is 0.250. The molecule has 1 aliphatic rings. The van der Waals surface area contributed by atoms with Gasteiger partial charge in [-0.25, -0.2) is 14.2 Å². The fourth-order valence-corrected chi connectivity index (χ4v) is 2.49. The summed E-state index contributed by atoms with van der Waals surface area (Å²) in [5, 5.41) is 2.79. The third-order valence-corrected chi connectivity index (χ3v) is 3.73. The van der Waals surface area contributed by atoms with Crippen molar-refractivity contribution in [1.29, 1.82) is 0 Å². The Hall–Kier alpha value is -2.63. The number of anilines is 2. The van der Waals surface area contributed by atoms with Crippen molar-refractivity contribution in [2.75, 3.05) is 36.4 Å². The predicted molar refractivity (Wildman–Crippen MR) is 82.2 cm³/mol. The second-order valence-corrected chi connectivity index (χ2v) is 5.17. The highest BCUT2D eigenvalue weighted by Crippen LogP contribution is 2.15. The first kappa shape index (κ1) is 14.3. The largest absolute Gasteiger partial charge is 0.368 e. The summed E-state index contributed by atoms with van der Waals surface area (Å²) in [5.41, 5.74) is 1.75. The molecule has 0 spiro atoms. The smallest absolute Gasteiger partial charge is 0.321 e. The number of aromatic nitrogens is 1. The summed E-state index contributed by atoms with van der Waals surface area (Å²) in [6, 6.07) is 9.68. The lowest BCUT2D eigenvalue weighted by atomic mass is 10.2. The minimum atomic E-state index is -0.313. The Morgan fingerprint density at radius 2 is 1.64 bits per heavy atom. The number of nitrogens with one attached hydrogen (secondary N) is 2. The molecule has 22 heavy (non-hydrogen) atoms. The van der Waals surface area contributed by atoms with Gasteiger partial charge in [0.05, 0.1) is 0 Å². The van der Waals surface area contributed by atoms with E-state index in [2.05, 4.69) is 15.2 Å². The number of urea groups is 1. The monoisotopic (exact) mass is 301 g/mol. The molecule has 6 heteroatoms. The normalized spacial score (nSPS) is 14.8. The van der Waals surface area contributed by atoms with Crippen LogP contribution in [-0.4, -0.2) is 37.1 Å². The van der Waals surface area contributed by atoms with Crippen LogP contribution in [0.5, 0.6) is 0 Å². The number of benzene rings is 1. The van der Waals surface area contributed by atoms with Crippen LogP contribution in [-0.2, 0) is 0 Å². The molecule has 0 saturated carbocycles. The van der Waals surface area contributed by atoms with Crippen LogP contribution in [0.15, 0.2) is 48.8 Å². The molecule has 0 atom stereocenters. The van der Waals surface area contributed by atoms with Crippen molar-refractivity contribution >= 4 is 17.4 Å². The Labute approximate surface area is 128 Å². The summed E-state index contributed by atoms with van der Waals surface area (Å²) in [6.07, 6.45) is 3.78. The molecule has 0 radical (unpaired) electrons. The summed E-state index contributed by atoms with van der Waals surface area (Å²) in [7, 11) is 0. The van der Waals surface area contributed by atoms with Crippen LogP contribution in [0.3, 0.4) is 0 Å². The Morgan fingerprint density at radius 3 is 2.27 bits per heavy atom. The number of carbonyl (C=O) groups excluding carboxylic acids is 1. The van der Waals surface area contributed by atoms with Crippen LogP contribution < -0.4 is 15.2 Å². The molecule has 1 aromatic carbocycles. The molecule has 2 heterocycles. The first-order chi connectivity index (χ1) is 10.7. The average Bonchev–Trinajstić information content (AvgIpc) is 2.58. The van der Waals surface area contributed by atoms with Gasteiger partial charge in [0.25, 0.3) is 0 Å². The molecule has 2 amide bonds.